The van der Waals surface area contributed by atoms with E-state index in [9.17, 15) is 13.8 Å². The molecule has 2 aliphatic carbocycles. The van der Waals surface area contributed by atoms with Crippen LogP contribution in [-0.2, 0) is 26.4 Å². The van der Waals surface area contributed by atoms with Crippen LogP contribution < -0.4 is 11.4 Å². The summed E-state index contributed by atoms with van der Waals surface area (Å²) >= 11 is 0. The highest BCUT2D eigenvalue weighted by Gasteiger charge is 2.59. The first kappa shape index (κ1) is 44.1. The molecule has 0 radical (unpaired) electrons. The number of H-pyrrole nitrogens is 1. The van der Waals surface area contributed by atoms with Crippen molar-refractivity contribution in [3.8, 4) is 17.2 Å². The zero-order valence-electron chi connectivity index (χ0n) is 38.8. The number of hydrogen-bond donors (Lipinski definition) is 2. The zero-order valence-corrected chi connectivity index (χ0v) is 39.6. The number of hydrogen-bond acceptors (Lipinski definition) is 9. The second kappa shape index (κ2) is 15.6. The number of aromatic nitrogens is 7. The number of nitrogens with zero attached hydrogens (tertiary/aromatic N) is 7. The fourth-order valence-corrected chi connectivity index (χ4v) is 13.1. The van der Waals surface area contributed by atoms with Gasteiger partial charge in [-0.15, -0.1) is 0 Å². The topological polar surface area (TPSA) is 179 Å². The van der Waals surface area contributed by atoms with E-state index in [-0.39, 0.29) is 51.5 Å². The minimum absolute atomic E-state index is 0.0185. The summed E-state index contributed by atoms with van der Waals surface area (Å²) in [6.07, 6.45) is 7.72. The van der Waals surface area contributed by atoms with Crippen LogP contribution in [0.15, 0.2) is 86.0 Å². The average Bonchev–Trinajstić information content (AvgIpc) is 3.76. The Labute approximate surface area is 390 Å². The first-order chi connectivity index (χ1) is 32.4. The summed E-state index contributed by atoms with van der Waals surface area (Å²) in [5.74, 6) is -1.28. The van der Waals surface area contributed by atoms with Gasteiger partial charge in [0.25, 0.3) is 5.91 Å². The van der Waals surface area contributed by atoms with Crippen molar-refractivity contribution in [2.45, 2.75) is 120 Å². The Balaban J connectivity index is 1.04. The van der Waals surface area contributed by atoms with Crippen molar-refractivity contribution in [3.63, 3.8) is 0 Å². The molecular weight excluding hydrogens is 893 g/mol. The van der Waals surface area contributed by atoms with Gasteiger partial charge in [0.1, 0.15) is 28.7 Å². The summed E-state index contributed by atoms with van der Waals surface area (Å²) in [5.41, 5.74) is 2.90. The number of nitrogens with one attached hydrogen (secondary N) is 2. The predicted octanol–water partition coefficient (Wildman–Crippen LogP) is 8.51. The Bertz CT molecular complexity index is 3440. The van der Waals surface area contributed by atoms with Gasteiger partial charge in [-0.3, -0.25) is 23.4 Å². The molecule has 2 saturated carbocycles. The summed E-state index contributed by atoms with van der Waals surface area (Å²) in [7, 11) is -3.23. The second-order valence-electron chi connectivity index (χ2n) is 20.0. The van der Waals surface area contributed by atoms with Crippen LogP contribution in [0.5, 0.6) is 0 Å². The van der Waals surface area contributed by atoms with Crippen LogP contribution in [0, 0.1) is 36.2 Å². The average molecular weight is 946 g/mol. The molecule has 2 N–H and O–H groups in total. The molecule has 68 heavy (non-hydrogen) atoms. The number of aryl methyl sites for hydroxylation is 2. The van der Waals surface area contributed by atoms with Gasteiger partial charge in [0.2, 0.25) is 0 Å². The molecule has 2 unspecified atom stereocenters. The lowest BCUT2D eigenvalue weighted by atomic mass is 9.83. The Morgan fingerprint density at radius 2 is 1.69 bits per heavy atom. The number of ether oxygens (including phenoxy) is 1. The third-order valence-corrected chi connectivity index (χ3v) is 17.5. The number of rotatable bonds is 9. The number of halogens is 2. The highest BCUT2D eigenvalue weighted by atomic mass is 32.2. The van der Waals surface area contributed by atoms with Crippen LogP contribution in [0.3, 0.4) is 0 Å². The molecule has 15 nitrogen and oxygen atoms in total. The lowest BCUT2D eigenvalue weighted by molar-refractivity contribution is -0.0592. The van der Waals surface area contributed by atoms with Gasteiger partial charge in [0, 0.05) is 53.7 Å². The number of carbonyl (C=O) groups excluding carboxylic acids is 1. The van der Waals surface area contributed by atoms with Crippen LogP contribution in [0.1, 0.15) is 122 Å². The Morgan fingerprint density at radius 3 is 2.34 bits per heavy atom. The number of imidazole rings is 1. The van der Waals surface area contributed by atoms with Gasteiger partial charge in [-0.05, 0) is 144 Å². The first-order valence-electron chi connectivity index (χ1n) is 23.3. The second-order valence-corrected chi connectivity index (χ2v) is 22.3. The molecule has 1 amide bonds. The summed E-state index contributed by atoms with van der Waals surface area (Å²) < 4.78 is 70.4. The normalized spacial score (nSPS) is 23.4. The van der Waals surface area contributed by atoms with Crippen molar-refractivity contribution in [1.29, 1.82) is 4.78 Å². The van der Waals surface area contributed by atoms with Gasteiger partial charge in [-0.2, -0.15) is 5.10 Å². The molecule has 6 heterocycles. The molecule has 18 heteroatoms. The van der Waals surface area contributed by atoms with E-state index in [2.05, 4.69) is 42.2 Å². The van der Waals surface area contributed by atoms with E-state index in [1.165, 1.54) is 29.1 Å². The van der Waals surface area contributed by atoms with Crippen LogP contribution in [-0.4, -0.2) is 72.6 Å². The fourth-order valence-electron chi connectivity index (χ4n) is 11.2. The third kappa shape index (κ3) is 6.79. The lowest BCUT2D eigenvalue weighted by Gasteiger charge is -2.35. The maximum Gasteiger partial charge on any atom is 0.438 e. The molecule has 0 spiro atoms. The van der Waals surface area contributed by atoms with E-state index in [0.29, 0.717) is 77.7 Å². The Hall–Kier alpha value is -6.40. The van der Waals surface area contributed by atoms with Crippen LogP contribution in [0.2, 0.25) is 0 Å². The molecule has 1 saturated heterocycles. The first-order valence-corrected chi connectivity index (χ1v) is 24.9. The monoisotopic (exact) mass is 945 g/mol. The number of aromatic amines is 1. The Kier molecular flexibility index (Phi) is 10.1. The quantitative estimate of drug-likeness (QED) is 0.145. The molecule has 0 bridgehead atoms. The largest absolute Gasteiger partial charge is 0.438 e. The minimum atomic E-state index is -3.23. The highest BCUT2D eigenvalue weighted by Crippen LogP contribution is 2.56. The zero-order chi connectivity index (χ0) is 47.8. The van der Waals surface area contributed by atoms with Crippen LogP contribution >= 0.6 is 0 Å². The summed E-state index contributed by atoms with van der Waals surface area (Å²) in [6, 6.07) is 14.8. The van der Waals surface area contributed by atoms with E-state index < -0.39 is 38.6 Å². The lowest BCUT2D eigenvalue weighted by Crippen LogP contribution is -2.41. The highest BCUT2D eigenvalue weighted by molar-refractivity contribution is 7.93. The van der Waals surface area contributed by atoms with Gasteiger partial charge < -0.3 is 14.2 Å². The molecule has 7 aromatic rings. The fraction of sp³-hybridized carbons (Fsp3) is 0.420. The van der Waals surface area contributed by atoms with E-state index in [1.807, 2.05) is 24.5 Å². The third-order valence-electron chi connectivity index (χ3n) is 15.2. The van der Waals surface area contributed by atoms with Crippen molar-refractivity contribution in [2.75, 3.05) is 13.2 Å². The SMILES string of the molecule is Cc1cc(-n2nc3c(c2-n2ccn(-c4ccc(S(=N)(=O)C5CCC5)cc4F)c2=O)[C@H](C)N(C(=O)c2cc4cc(C5CCOC(C)(C)C5)ccc4n2[C@@]2(c4noc(=O)[nH]4)C[C@@H]2C)CC3)cc(C)c1F. The number of carbonyl (C=O) groups is 1. The van der Waals surface area contributed by atoms with Gasteiger partial charge in [-0.1, -0.05) is 24.6 Å². The van der Waals surface area contributed by atoms with Gasteiger partial charge in [0.15, 0.2) is 5.82 Å². The molecule has 3 fully saturated rings. The van der Waals surface area contributed by atoms with E-state index >= 15 is 13.6 Å². The van der Waals surface area contributed by atoms with Gasteiger partial charge >= 0.3 is 11.4 Å². The maximum atomic E-state index is 16.1. The number of benzene rings is 3. The van der Waals surface area contributed by atoms with Crippen molar-refractivity contribution in [2.24, 2.45) is 5.92 Å². The van der Waals surface area contributed by atoms with Crippen LogP contribution in [0.4, 0.5) is 8.78 Å². The minimum Gasteiger partial charge on any atom is -0.376 e. The van der Waals surface area contributed by atoms with E-state index in [1.54, 1.807) is 35.6 Å². The standard InChI is InChI=1S/C50H53F2N9O6S/c1-27-20-34(21-28(2)43(27)52)61-44(59-18-17-58(48(59)64)40-13-11-36(24-37(40)51)68(53,65)35-8-7-9-35)42-30(4)57(16-14-38(42)55-61)45(62)41-23-33-22-31(32-15-19-66-49(5,6)26-32)10-12-39(33)60(41)50(25-29(50)3)46-54-47(63)67-56-46/h10-13,17-18,20-24,29-30,32,35,53H,7-9,14-16,19,25-26H2,1-6H3,(H,54,56,63)/t29-,30-,32?,50-,68?/m0/s1. The molecule has 3 aromatic carbocycles. The molecule has 5 atom stereocenters. The molecular formula is C50H53F2N9O6S. The summed E-state index contributed by atoms with van der Waals surface area (Å²) in [4.78, 5) is 47.4. The van der Waals surface area contributed by atoms with Crippen molar-refractivity contribution in [1.82, 2.24) is 38.5 Å². The van der Waals surface area contributed by atoms with Crippen molar-refractivity contribution in [3.05, 3.63) is 139 Å². The van der Waals surface area contributed by atoms with Crippen molar-refractivity contribution < 1.29 is 27.0 Å². The predicted molar refractivity (Wildman–Crippen MR) is 250 cm³/mol. The maximum absolute atomic E-state index is 16.1. The van der Waals surface area contributed by atoms with E-state index in [0.717, 1.165) is 46.4 Å². The van der Waals surface area contributed by atoms with Crippen molar-refractivity contribution >= 4 is 26.5 Å². The Morgan fingerprint density at radius 1 is 0.956 bits per heavy atom. The number of amides is 1. The van der Waals surface area contributed by atoms with Gasteiger partial charge in [0.05, 0.1) is 43.3 Å². The van der Waals surface area contributed by atoms with E-state index in [4.69, 9.17) is 19.1 Å². The summed E-state index contributed by atoms with van der Waals surface area (Å²) in [6.45, 7) is 12.4. The smallest absolute Gasteiger partial charge is 0.376 e. The molecule has 11 rings (SSSR count). The molecule has 4 aromatic heterocycles. The van der Waals surface area contributed by atoms with Crippen LogP contribution in [0.25, 0.3) is 28.1 Å². The molecule has 4 aliphatic rings. The molecule has 354 valence electrons. The van der Waals surface area contributed by atoms with Gasteiger partial charge in [-0.25, -0.2) is 32.0 Å². The molecule has 2 aliphatic heterocycles. The number of fused-ring (bicyclic) bond motifs is 2. The summed E-state index contributed by atoms with van der Waals surface area (Å²) in [5, 5.41) is 9.75.